The van der Waals surface area contributed by atoms with E-state index in [0.29, 0.717) is 0 Å². The number of nitrogens with zero attached hydrogens (tertiary/aromatic N) is 1. The number of piperidine rings is 1. The third-order valence-corrected chi connectivity index (χ3v) is 4.71. The number of hydrogen-bond donors (Lipinski definition) is 1. The topological polar surface area (TPSA) is 46.3 Å². The molecule has 0 aliphatic carbocycles. The summed E-state index contributed by atoms with van der Waals surface area (Å²) in [6.07, 6.45) is 3.27. The van der Waals surface area contributed by atoms with Crippen LogP contribution in [0.5, 0.6) is 0 Å². The lowest BCUT2D eigenvalue weighted by Crippen LogP contribution is -2.51. The lowest BCUT2D eigenvalue weighted by atomic mass is 9.96. The summed E-state index contributed by atoms with van der Waals surface area (Å²) in [4.78, 5) is 14.7. The van der Waals surface area contributed by atoms with Crippen molar-refractivity contribution in [1.82, 2.24) is 4.90 Å². The van der Waals surface area contributed by atoms with E-state index < -0.39 is 0 Å². The standard InChI is InChI=1S/C15H21IN2O/c1-10-6-7-13(16)12(9-10)15(19)18-8-4-3-5-14(18)11(2)17/h6-7,9,11,14H,3-5,8,17H2,1-2H3. The third kappa shape index (κ3) is 3.28. The Bertz CT molecular complexity index is 473. The highest BCUT2D eigenvalue weighted by Crippen LogP contribution is 2.24. The molecule has 1 fully saturated rings. The lowest BCUT2D eigenvalue weighted by molar-refractivity contribution is 0.0582. The van der Waals surface area contributed by atoms with Gasteiger partial charge in [-0.05, 0) is 67.8 Å². The normalized spacial score (nSPS) is 21.3. The first-order valence-electron chi connectivity index (χ1n) is 6.83. The summed E-state index contributed by atoms with van der Waals surface area (Å²) in [5, 5.41) is 0. The van der Waals surface area contributed by atoms with E-state index in [1.807, 2.05) is 36.9 Å². The van der Waals surface area contributed by atoms with Gasteiger partial charge in [0.2, 0.25) is 0 Å². The van der Waals surface area contributed by atoms with Crippen molar-refractivity contribution in [2.24, 2.45) is 5.73 Å². The van der Waals surface area contributed by atoms with Crippen molar-refractivity contribution >= 4 is 28.5 Å². The van der Waals surface area contributed by atoms with Gasteiger partial charge in [0.25, 0.3) is 5.91 Å². The zero-order valence-corrected chi connectivity index (χ0v) is 13.7. The summed E-state index contributed by atoms with van der Waals surface area (Å²) in [5.74, 6) is 0.134. The summed E-state index contributed by atoms with van der Waals surface area (Å²) in [6.45, 7) is 4.85. The third-order valence-electron chi connectivity index (χ3n) is 3.77. The van der Waals surface area contributed by atoms with Crippen LogP contribution in [0.4, 0.5) is 0 Å². The highest BCUT2D eigenvalue weighted by Gasteiger charge is 2.30. The summed E-state index contributed by atoms with van der Waals surface area (Å²) in [7, 11) is 0. The molecule has 0 spiro atoms. The molecule has 1 aliphatic heterocycles. The Balaban J connectivity index is 2.28. The van der Waals surface area contributed by atoms with Crippen molar-refractivity contribution in [2.45, 2.75) is 45.2 Å². The number of carbonyl (C=O) groups is 1. The molecule has 0 radical (unpaired) electrons. The van der Waals surface area contributed by atoms with Crippen LogP contribution >= 0.6 is 22.6 Å². The summed E-state index contributed by atoms with van der Waals surface area (Å²) < 4.78 is 1.02. The zero-order chi connectivity index (χ0) is 14.0. The van der Waals surface area contributed by atoms with Gasteiger partial charge in [0.15, 0.2) is 0 Å². The van der Waals surface area contributed by atoms with Gasteiger partial charge in [0.05, 0.1) is 5.56 Å². The second kappa shape index (κ2) is 6.22. The minimum atomic E-state index is 0.0340. The largest absolute Gasteiger partial charge is 0.334 e. The average molecular weight is 372 g/mol. The van der Waals surface area contributed by atoms with E-state index in [0.717, 1.165) is 34.1 Å². The fourth-order valence-corrected chi connectivity index (χ4v) is 3.28. The second-order valence-corrected chi connectivity index (χ2v) is 6.57. The summed E-state index contributed by atoms with van der Waals surface area (Å²) >= 11 is 2.23. The minimum absolute atomic E-state index is 0.0340. The molecule has 4 heteroatoms. The van der Waals surface area contributed by atoms with Crippen LogP contribution in [0.2, 0.25) is 0 Å². The van der Waals surface area contributed by atoms with Gasteiger partial charge in [-0.3, -0.25) is 4.79 Å². The van der Waals surface area contributed by atoms with Crippen LogP contribution in [0, 0.1) is 10.5 Å². The zero-order valence-electron chi connectivity index (χ0n) is 11.5. The number of rotatable bonds is 2. The fourth-order valence-electron chi connectivity index (χ4n) is 2.71. The van der Waals surface area contributed by atoms with Crippen molar-refractivity contribution < 1.29 is 4.79 Å². The maximum atomic E-state index is 12.8. The lowest BCUT2D eigenvalue weighted by Gasteiger charge is -2.38. The van der Waals surface area contributed by atoms with E-state index in [4.69, 9.17) is 5.73 Å². The molecule has 1 aliphatic rings. The monoisotopic (exact) mass is 372 g/mol. The molecule has 1 aromatic carbocycles. The van der Waals surface area contributed by atoms with E-state index >= 15 is 0 Å². The van der Waals surface area contributed by atoms with Gasteiger partial charge in [-0.25, -0.2) is 0 Å². The molecule has 1 heterocycles. The second-order valence-electron chi connectivity index (χ2n) is 5.40. The molecular weight excluding hydrogens is 351 g/mol. The summed E-state index contributed by atoms with van der Waals surface area (Å²) in [5.41, 5.74) is 7.98. The Kier molecular flexibility index (Phi) is 4.84. The number of carbonyl (C=O) groups excluding carboxylic acids is 1. The quantitative estimate of drug-likeness (QED) is 0.812. The number of amides is 1. The predicted molar refractivity (Wildman–Crippen MR) is 86.2 cm³/mol. The maximum absolute atomic E-state index is 12.8. The van der Waals surface area contributed by atoms with Crippen LogP contribution in [-0.2, 0) is 0 Å². The van der Waals surface area contributed by atoms with Gasteiger partial charge in [-0.2, -0.15) is 0 Å². The Morgan fingerprint density at radius 3 is 2.89 bits per heavy atom. The average Bonchev–Trinajstić information content (AvgIpc) is 2.40. The summed E-state index contributed by atoms with van der Waals surface area (Å²) in [6, 6.07) is 6.24. The van der Waals surface area contributed by atoms with Gasteiger partial charge in [-0.1, -0.05) is 11.6 Å². The Labute approximate surface area is 128 Å². The molecule has 0 aromatic heterocycles. The number of benzene rings is 1. The van der Waals surface area contributed by atoms with Gasteiger partial charge in [-0.15, -0.1) is 0 Å². The molecular formula is C15H21IN2O. The molecule has 3 nitrogen and oxygen atoms in total. The van der Waals surface area contributed by atoms with Gasteiger partial charge < -0.3 is 10.6 Å². The minimum Gasteiger partial charge on any atom is -0.334 e. The van der Waals surface area contributed by atoms with E-state index in [1.165, 1.54) is 6.42 Å². The van der Waals surface area contributed by atoms with Gasteiger partial charge >= 0.3 is 0 Å². The van der Waals surface area contributed by atoms with Crippen molar-refractivity contribution in [1.29, 1.82) is 0 Å². The highest BCUT2D eigenvalue weighted by molar-refractivity contribution is 14.1. The van der Waals surface area contributed by atoms with Crippen LogP contribution in [0.25, 0.3) is 0 Å². The van der Waals surface area contributed by atoms with Crippen molar-refractivity contribution in [3.63, 3.8) is 0 Å². The van der Waals surface area contributed by atoms with Gasteiger partial charge in [0, 0.05) is 22.2 Å². The van der Waals surface area contributed by atoms with Crippen LogP contribution in [0.15, 0.2) is 18.2 Å². The van der Waals surface area contributed by atoms with Crippen LogP contribution in [-0.4, -0.2) is 29.4 Å². The number of hydrogen-bond acceptors (Lipinski definition) is 2. The molecule has 0 saturated carbocycles. The molecule has 0 bridgehead atoms. The molecule has 2 unspecified atom stereocenters. The Morgan fingerprint density at radius 1 is 1.47 bits per heavy atom. The highest BCUT2D eigenvalue weighted by atomic mass is 127. The van der Waals surface area contributed by atoms with E-state index in [9.17, 15) is 4.79 Å². The van der Waals surface area contributed by atoms with E-state index in [1.54, 1.807) is 0 Å². The van der Waals surface area contributed by atoms with Crippen molar-refractivity contribution in [3.8, 4) is 0 Å². The first kappa shape index (κ1) is 14.8. The molecule has 1 aromatic rings. The number of halogens is 1. The first-order valence-corrected chi connectivity index (χ1v) is 7.91. The molecule has 2 atom stereocenters. The molecule has 2 N–H and O–H groups in total. The molecule has 19 heavy (non-hydrogen) atoms. The molecule has 1 saturated heterocycles. The van der Waals surface area contributed by atoms with Crippen molar-refractivity contribution in [3.05, 3.63) is 32.9 Å². The molecule has 1 amide bonds. The van der Waals surface area contributed by atoms with Crippen LogP contribution < -0.4 is 5.73 Å². The SMILES string of the molecule is Cc1ccc(I)c(C(=O)N2CCCCC2C(C)N)c1. The van der Waals surface area contributed by atoms with E-state index in [-0.39, 0.29) is 18.0 Å². The maximum Gasteiger partial charge on any atom is 0.255 e. The number of nitrogens with two attached hydrogens (primary N) is 1. The van der Waals surface area contributed by atoms with Gasteiger partial charge in [0.1, 0.15) is 0 Å². The Morgan fingerprint density at radius 2 is 2.21 bits per heavy atom. The predicted octanol–water partition coefficient (Wildman–Crippen LogP) is 2.94. The molecule has 2 rings (SSSR count). The van der Waals surface area contributed by atoms with E-state index in [2.05, 4.69) is 22.6 Å². The fraction of sp³-hybridized carbons (Fsp3) is 0.533. The molecule has 104 valence electrons. The number of aryl methyl sites for hydroxylation is 1. The van der Waals surface area contributed by atoms with Crippen LogP contribution in [0.1, 0.15) is 42.1 Å². The smallest absolute Gasteiger partial charge is 0.255 e. The van der Waals surface area contributed by atoms with Crippen molar-refractivity contribution in [2.75, 3.05) is 6.54 Å². The first-order chi connectivity index (χ1) is 9.00. The Hall–Kier alpha value is -0.620. The van der Waals surface area contributed by atoms with Crippen LogP contribution in [0.3, 0.4) is 0 Å². The number of likely N-dealkylation sites (tertiary alicyclic amines) is 1.